The maximum Gasteiger partial charge on any atom is 0.234 e. The van der Waals surface area contributed by atoms with Crippen molar-refractivity contribution in [2.24, 2.45) is 5.92 Å². The Kier molecular flexibility index (Phi) is 7.69. The van der Waals surface area contributed by atoms with Gasteiger partial charge in [-0.05, 0) is 37.8 Å². The largest absolute Gasteiger partial charge is 0.392 e. The molecule has 1 aliphatic heterocycles. The molecule has 5 nitrogen and oxygen atoms in total. The first-order chi connectivity index (χ1) is 11.6. The molecule has 1 fully saturated rings. The summed E-state index contributed by atoms with van der Waals surface area (Å²) in [6.07, 6.45) is 1.49. The van der Waals surface area contributed by atoms with E-state index in [0.29, 0.717) is 32.2 Å². The number of carbonyl (C=O) groups excluding carboxylic acids is 1. The van der Waals surface area contributed by atoms with E-state index in [9.17, 15) is 9.90 Å². The molecular weight excluding hydrogens is 304 g/mol. The number of β-amino-alcohol motifs (C(OH)–C–C–N with tert-alkyl or cyclic N) is 1. The summed E-state index contributed by atoms with van der Waals surface area (Å²) in [5.74, 6) is 0.348. The maximum absolute atomic E-state index is 11.9. The van der Waals surface area contributed by atoms with E-state index in [2.05, 4.69) is 24.4 Å². The second kappa shape index (κ2) is 9.77. The third-order valence-corrected chi connectivity index (χ3v) is 4.65. The predicted molar refractivity (Wildman–Crippen MR) is 94.7 cm³/mol. The van der Waals surface area contributed by atoms with Crippen LogP contribution in [0.3, 0.4) is 0 Å². The number of amides is 1. The first-order valence-electron chi connectivity index (χ1n) is 8.90. The first kappa shape index (κ1) is 18.9. The topological polar surface area (TPSA) is 61.8 Å². The summed E-state index contributed by atoms with van der Waals surface area (Å²) in [6, 6.07) is 10.1. The van der Waals surface area contributed by atoms with Crippen molar-refractivity contribution >= 4 is 5.91 Å². The number of nitrogens with one attached hydrogen (secondary N) is 1. The van der Waals surface area contributed by atoms with Gasteiger partial charge in [0.05, 0.1) is 18.8 Å². The van der Waals surface area contributed by atoms with Gasteiger partial charge in [0.1, 0.15) is 0 Å². The fraction of sp³-hybridized carbons (Fsp3) is 0.632. The Hall–Kier alpha value is -1.43. The third kappa shape index (κ3) is 6.23. The monoisotopic (exact) mass is 334 g/mol. The molecule has 3 unspecified atom stereocenters. The molecule has 1 amide bonds. The number of hydrogen-bond donors (Lipinski definition) is 2. The van der Waals surface area contributed by atoms with E-state index in [1.54, 1.807) is 0 Å². The Morgan fingerprint density at radius 2 is 2.17 bits per heavy atom. The Balaban J connectivity index is 1.55. The highest BCUT2D eigenvalue weighted by atomic mass is 16.5. The number of carbonyl (C=O) groups is 1. The highest BCUT2D eigenvalue weighted by Gasteiger charge is 2.25. The summed E-state index contributed by atoms with van der Waals surface area (Å²) < 4.78 is 5.79. The van der Waals surface area contributed by atoms with E-state index in [4.69, 9.17) is 4.74 Å². The molecule has 134 valence electrons. The van der Waals surface area contributed by atoms with Crippen LogP contribution in [0.5, 0.6) is 0 Å². The summed E-state index contributed by atoms with van der Waals surface area (Å²) in [5, 5.41) is 12.8. The van der Waals surface area contributed by atoms with Gasteiger partial charge < -0.3 is 15.2 Å². The van der Waals surface area contributed by atoms with Crippen LogP contribution < -0.4 is 5.32 Å². The molecule has 0 bridgehead atoms. The number of ether oxygens (including phenoxy) is 1. The first-order valence-corrected chi connectivity index (χ1v) is 8.90. The molecule has 3 atom stereocenters. The highest BCUT2D eigenvalue weighted by Crippen LogP contribution is 2.17. The minimum atomic E-state index is -0.320. The highest BCUT2D eigenvalue weighted by molar-refractivity contribution is 5.77. The fourth-order valence-electron chi connectivity index (χ4n) is 2.90. The summed E-state index contributed by atoms with van der Waals surface area (Å²) in [7, 11) is 0. The van der Waals surface area contributed by atoms with Gasteiger partial charge in [-0.15, -0.1) is 0 Å². The van der Waals surface area contributed by atoms with Crippen LogP contribution in [0.4, 0.5) is 0 Å². The molecule has 1 aromatic carbocycles. The minimum absolute atomic E-state index is 0.0212. The number of hydrogen-bond acceptors (Lipinski definition) is 4. The van der Waals surface area contributed by atoms with E-state index >= 15 is 0 Å². The molecule has 1 heterocycles. The van der Waals surface area contributed by atoms with Crippen LogP contribution in [-0.2, 0) is 9.53 Å². The molecular formula is C19H30N2O3. The number of aliphatic hydroxyl groups excluding tert-OH is 1. The van der Waals surface area contributed by atoms with Gasteiger partial charge in [0, 0.05) is 19.7 Å². The predicted octanol–water partition coefficient (Wildman–Crippen LogP) is 1.97. The Labute approximate surface area is 145 Å². The number of aliphatic hydroxyl groups is 1. The van der Waals surface area contributed by atoms with Gasteiger partial charge in [-0.2, -0.15) is 0 Å². The average Bonchev–Trinajstić information content (AvgIpc) is 2.58. The van der Waals surface area contributed by atoms with Crippen LogP contribution in [0.2, 0.25) is 0 Å². The van der Waals surface area contributed by atoms with Crippen molar-refractivity contribution in [1.82, 2.24) is 10.2 Å². The van der Waals surface area contributed by atoms with Gasteiger partial charge in [-0.3, -0.25) is 9.69 Å². The zero-order chi connectivity index (χ0) is 17.4. The van der Waals surface area contributed by atoms with Crippen LogP contribution >= 0.6 is 0 Å². The van der Waals surface area contributed by atoms with Gasteiger partial charge in [-0.25, -0.2) is 0 Å². The Bertz CT molecular complexity index is 495. The van der Waals surface area contributed by atoms with E-state index < -0.39 is 0 Å². The van der Waals surface area contributed by atoms with Gasteiger partial charge in [0.2, 0.25) is 5.91 Å². The molecule has 1 saturated heterocycles. The molecule has 0 aliphatic carbocycles. The standard InChI is InChI=1S/C19H30N2O3/c1-15-9-11-21(13-18(15)22)14-19(23)20-10-6-12-24-16(2)17-7-4-3-5-8-17/h3-5,7-8,15-16,18,22H,6,9-14H2,1-2H3,(H,20,23). The molecule has 0 spiro atoms. The van der Waals surface area contributed by atoms with Crippen molar-refractivity contribution in [3.05, 3.63) is 35.9 Å². The molecule has 1 aromatic rings. The second-order valence-electron chi connectivity index (χ2n) is 6.70. The quantitative estimate of drug-likeness (QED) is 0.714. The number of rotatable bonds is 8. The van der Waals surface area contributed by atoms with Gasteiger partial charge in [0.25, 0.3) is 0 Å². The Morgan fingerprint density at radius 1 is 1.42 bits per heavy atom. The van der Waals surface area contributed by atoms with E-state index in [1.807, 2.05) is 30.0 Å². The molecule has 1 aliphatic rings. The van der Waals surface area contributed by atoms with Gasteiger partial charge in [0.15, 0.2) is 0 Å². The second-order valence-corrected chi connectivity index (χ2v) is 6.70. The normalized spacial score (nSPS) is 23.0. The summed E-state index contributed by atoms with van der Waals surface area (Å²) in [4.78, 5) is 14.0. The maximum atomic E-state index is 11.9. The molecule has 5 heteroatoms. The summed E-state index contributed by atoms with van der Waals surface area (Å²) in [6.45, 7) is 7.17. The van der Waals surface area contributed by atoms with Crippen LogP contribution in [0.15, 0.2) is 30.3 Å². The van der Waals surface area contributed by atoms with Crippen molar-refractivity contribution in [2.75, 3.05) is 32.8 Å². The van der Waals surface area contributed by atoms with E-state index in [-0.39, 0.29) is 18.1 Å². The molecule has 24 heavy (non-hydrogen) atoms. The number of nitrogens with zero attached hydrogens (tertiary/aromatic N) is 1. The number of likely N-dealkylation sites (tertiary alicyclic amines) is 1. The van der Waals surface area contributed by atoms with Crippen molar-refractivity contribution < 1.29 is 14.6 Å². The lowest BCUT2D eigenvalue weighted by atomic mass is 9.96. The SMILES string of the molecule is CC(OCCCNC(=O)CN1CCC(C)C(O)C1)c1ccccc1. The zero-order valence-electron chi connectivity index (χ0n) is 14.8. The average molecular weight is 334 g/mol. The number of piperidine rings is 1. The van der Waals surface area contributed by atoms with Gasteiger partial charge >= 0.3 is 0 Å². The van der Waals surface area contributed by atoms with E-state index in [0.717, 1.165) is 19.4 Å². The summed E-state index contributed by atoms with van der Waals surface area (Å²) >= 11 is 0. The molecule has 2 rings (SSSR count). The Morgan fingerprint density at radius 3 is 2.88 bits per heavy atom. The van der Waals surface area contributed by atoms with Crippen LogP contribution in [-0.4, -0.2) is 54.8 Å². The van der Waals surface area contributed by atoms with Crippen molar-refractivity contribution in [3.8, 4) is 0 Å². The van der Waals surface area contributed by atoms with Crippen LogP contribution in [0, 0.1) is 5.92 Å². The zero-order valence-corrected chi connectivity index (χ0v) is 14.8. The number of benzene rings is 1. The van der Waals surface area contributed by atoms with Crippen LogP contribution in [0.25, 0.3) is 0 Å². The molecule has 0 radical (unpaired) electrons. The van der Waals surface area contributed by atoms with Crippen molar-refractivity contribution in [1.29, 1.82) is 0 Å². The van der Waals surface area contributed by atoms with Gasteiger partial charge in [-0.1, -0.05) is 37.3 Å². The lowest BCUT2D eigenvalue weighted by molar-refractivity contribution is -0.123. The summed E-state index contributed by atoms with van der Waals surface area (Å²) in [5.41, 5.74) is 1.17. The third-order valence-electron chi connectivity index (χ3n) is 4.65. The van der Waals surface area contributed by atoms with Crippen molar-refractivity contribution in [2.45, 2.75) is 38.9 Å². The molecule has 0 saturated carbocycles. The molecule has 2 N–H and O–H groups in total. The smallest absolute Gasteiger partial charge is 0.234 e. The molecule has 0 aromatic heterocycles. The minimum Gasteiger partial charge on any atom is -0.392 e. The van der Waals surface area contributed by atoms with E-state index in [1.165, 1.54) is 5.56 Å². The lowest BCUT2D eigenvalue weighted by Crippen LogP contribution is -2.47. The fourth-order valence-corrected chi connectivity index (χ4v) is 2.90. The lowest BCUT2D eigenvalue weighted by Gasteiger charge is -2.33. The van der Waals surface area contributed by atoms with Crippen molar-refractivity contribution in [3.63, 3.8) is 0 Å². The van der Waals surface area contributed by atoms with Crippen LogP contribution in [0.1, 0.15) is 38.4 Å².